The van der Waals surface area contributed by atoms with E-state index < -0.39 is 65.9 Å². The van der Waals surface area contributed by atoms with Gasteiger partial charge in [0.05, 0.1) is 36.4 Å². The van der Waals surface area contributed by atoms with Crippen molar-refractivity contribution >= 4 is 17.6 Å². The van der Waals surface area contributed by atoms with E-state index in [9.17, 15) is 44.3 Å². The Hall–Kier alpha value is -4.09. The Morgan fingerprint density at radius 2 is 1.64 bits per heavy atom. The molecule has 9 nitrogen and oxygen atoms in total. The van der Waals surface area contributed by atoms with Crippen LogP contribution >= 0.6 is 0 Å². The number of aliphatic carboxylic acids is 1. The van der Waals surface area contributed by atoms with Crippen LogP contribution < -0.4 is 9.80 Å². The molecule has 1 aliphatic heterocycles. The number of halogens is 9. The third-order valence-electron chi connectivity index (χ3n) is 7.15. The van der Waals surface area contributed by atoms with Crippen molar-refractivity contribution in [2.45, 2.75) is 50.9 Å². The molecule has 1 aliphatic rings. The number of aryl methyl sites for hydroxylation is 2. The van der Waals surface area contributed by atoms with Crippen molar-refractivity contribution in [1.82, 2.24) is 20.2 Å². The first-order valence-electron chi connectivity index (χ1n) is 13.4. The monoisotopic (exact) mass is 654 g/mol. The highest BCUT2D eigenvalue weighted by atomic mass is 19.4. The Balaban J connectivity index is 1.85. The first-order valence-corrected chi connectivity index (χ1v) is 13.4. The van der Waals surface area contributed by atoms with Crippen LogP contribution in [0.3, 0.4) is 0 Å². The Labute approximate surface area is 250 Å². The Kier molecular flexibility index (Phi) is 9.56. The predicted molar refractivity (Wildman–Crippen MR) is 140 cm³/mol. The summed E-state index contributed by atoms with van der Waals surface area (Å²) in [7, 11) is 1.39. The van der Waals surface area contributed by atoms with Crippen molar-refractivity contribution in [3.05, 3.63) is 63.7 Å². The van der Waals surface area contributed by atoms with Gasteiger partial charge in [0.2, 0.25) is 0 Å². The molecule has 3 aromatic rings. The number of anilines is 2. The number of carboxylic acid groups (broad SMARTS) is 1. The summed E-state index contributed by atoms with van der Waals surface area (Å²) < 4.78 is 129. The summed E-state index contributed by atoms with van der Waals surface area (Å²) in [5, 5.41) is 20.6. The van der Waals surface area contributed by atoms with E-state index in [4.69, 9.17) is 9.84 Å². The first kappa shape index (κ1) is 33.8. The average Bonchev–Trinajstić information content (AvgIpc) is 3.27. The Morgan fingerprint density at radius 3 is 2.18 bits per heavy atom. The normalized spacial score (nSPS) is 16.0. The van der Waals surface area contributed by atoms with E-state index >= 15 is 0 Å². The van der Waals surface area contributed by atoms with Gasteiger partial charge in [-0.2, -0.15) is 44.3 Å². The molecule has 0 spiro atoms. The van der Waals surface area contributed by atoms with Gasteiger partial charge in [-0.1, -0.05) is 11.2 Å². The van der Waals surface area contributed by atoms with Crippen molar-refractivity contribution < 1.29 is 54.2 Å². The summed E-state index contributed by atoms with van der Waals surface area (Å²) in [6, 6.07) is 2.42. The minimum Gasteiger partial charge on any atom is -0.480 e. The molecule has 1 unspecified atom stereocenters. The van der Waals surface area contributed by atoms with E-state index in [1.54, 1.807) is 4.90 Å². The summed E-state index contributed by atoms with van der Waals surface area (Å²) in [5.41, 5.74) is -4.19. The second kappa shape index (κ2) is 12.7. The van der Waals surface area contributed by atoms with Gasteiger partial charge in [0.25, 0.3) is 5.95 Å². The van der Waals surface area contributed by atoms with Crippen LogP contribution in [0.25, 0.3) is 0 Å². The number of alkyl halides is 9. The molecule has 45 heavy (non-hydrogen) atoms. The van der Waals surface area contributed by atoms with E-state index in [1.165, 1.54) is 24.9 Å². The van der Waals surface area contributed by atoms with Crippen LogP contribution in [0.15, 0.2) is 30.3 Å². The molecular weight excluding hydrogens is 627 g/mol. The number of tetrazole rings is 1. The largest absolute Gasteiger partial charge is 0.480 e. The van der Waals surface area contributed by atoms with Crippen LogP contribution in [0, 0.1) is 6.92 Å². The van der Waals surface area contributed by atoms with E-state index in [2.05, 4.69) is 15.4 Å². The third-order valence-corrected chi connectivity index (χ3v) is 7.15. The zero-order valence-corrected chi connectivity index (χ0v) is 23.8. The van der Waals surface area contributed by atoms with E-state index in [0.29, 0.717) is 18.6 Å². The molecule has 1 atom stereocenters. The summed E-state index contributed by atoms with van der Waals surface area (Å²) >= 11 is 0. The molecule has 18 heteroatoms. The number of fused-ring (bicyclic) bond motifs is 1. The second-order valence-electron chi connectivity index (χ2n) is 10.4. The maximum atomic E-state index is 14.0. The summed E-state index contributed by atoms with van der Waals surface area (Å²) in [4.78, 5) is 14.8. The highest BCUT2D eigenvalue weighted by molar-refractivity contribution is 5.68. The summed E-state index contributed by atoms with van der Waals surface area (Å²) in [6.45, 7) is 0.0615. The third kappa shape index (κ3) is 8.15. The standard InChI is InChI=1S/C27H27F9N6O3/c1-15-8-19-21(4-3-5-41(6-7-45-14-23(43)44)22(19)12-20(15)27(34,35)36)42(24-37-39-40(2)38-24)13-16-9-17(25(28,29)30)11-18(10-16)26(31,32)33/h8-12,21H,3-7,13-14H2,1-2H3,(H,43,44). The molecule has 0 fully saturated rings. The van der Waals surface area contributed by atoms with Crippen LogP contribution in [-0.4, -0.2) is 57.6 Å². The number of nitrogens with zero attached hydrogens (tertiary/aromatic N) is 6. The second-order valence-corrected chi connectivity index (χ2v) is 10.4. The Bertz CT molecular complexity index is 1490. The molecular formula is C27H27F9N6O3. The van der Waals surface area contributed by atoms with Crippen LogP contribution in [0.2, 0.25) is 0 Å². The van der Waals surface area contributed by atoms with E-state index in [-0.39, 0.29) is 54.9 Å². The van der Waals surface area contributed by atoms with Crippen LogP contribution in [0.1, 0.15) is 52.3 Å². The summed E-state index contributed by atoms with van der Waals surface area (Å²) in [6.07, 6.45) is -14.5. The maximum Gasteiger partial charge on any atom is 0.416 e. The number of rotatable bonds is 9. The highest BCUT2D eigenvalue weighted by Crippen LogP contribution is 2.44. The van der Waals surface area contributed by atoms with Crippen LogP contribution in [0.5, 0.6) is 0 Å². The lowest BCUT2D eigenvalue weighted by Gasteiger charge is -2.33. The van der Waals surface area contributed by atoms with Crippen molar-refractivity contribution in [2.24, 2.45) is 7.05 Å². The zero-order chi connectivity index (χ0) is 33.3. The quantitative estimate of drug-likeness (QED) is 0.221. The van der Waals surface area contributed by atoms with Crippen LogP contribution in [0.4, 0.5) is 51.1 Å². The predicted octanol–water partition coefficient (Wildman–Crippen LogP) is 6.02. The molecule has 0 aliphatic carbocycles. The lowest BCUT2D eigenvalue weighted by atomic mass is 9.94. The minimum absolute atomic E-state index is 0.000673. The zero-order valence-electron chi connectivity index (χ0n) is 23.8. The fraction of sp³-hybridized carbons (Fsp3) is 0.481. The van der Waals surface area contributed by atoms with Crippen molar-refractivity contribution in [3.8, 4) is 0 Å². The van der Waals surface area contributed by atoms with Gasteiger partial charge in [-0.05, 0) is 65.9 Å². The highest BCUT2D eigenvalue weighted by Gasteiger charge is 2.39. The fourth-order valence-corrected chi connectivity index (χ4v) is 5.22. The molecule has 1 N–H and O–H groups in total. The van der Waals surface area contributed by atoms with Crippen molar-refractivity contribution in [1.29, 1.82) is 0 Å². The number of hydrogen-bond donors (Lipinski definition) is 1. The molecule has 0 radical (unpaired) electrons. The summed E-state index contributed by atoms with van der Waals surface area (Å²) in [5.74, 6) is -1.41. The molecule has 0 saturated heterocycles. The molecule has 2 heterocycles. The molecule has 1 aromatic heterocycles. The molecule has 2 aromatic carbocycles. The first-order chi connectivity index (χ1) is 20.8. The maximum absolute atomic E-state index is 14.0. The van der Waals surface area contributed by atoms with E-state index in [0.717, 1.165) is 10.9 Å². The van der Waals surface area contributed by atoms with Gasteiger partial charge >= 0.3 is 24.5 Å². The fourth-order valence-electron chi connectivity index (χ4n) is 5.22. The number of aromatic nitrogens is 4. The van der Waals surface area contributed by atoms with Gasteiger partial charge in [-0.25, -0.2) is 4.79 Å². The SMILES string of the molecule is Cc1cc2c(cc1C(F)(F)F)N(CCOCC(=O)O)CCCC2N(Cc1cc(C(F)(F)F)cc(C(F)(F)F)c1)c1nnn(C)n1. The number of carbonyl (C=O) groups is 1. The van der Waals surface area contributed by atoms with Crippen LogP contribution in [-0.2, 0) is 41.7 Å². The number of benzene rings is 2. The lowest BCUT2D eigenvalue weighted by molar-refractivity contribution is -0.144. The van der Waals surface area contributed by atoms with Gasteiger partial charge in [-0.15, -0.1) is 5.10 Å². The number of ether oxygens (including phenoxy) is 1. The molecule has 0 amide bonds. The minimum atomic E-state index is -5.10. The average molecular weight is 655 g/mol. The smallest absolute Gasteiger partial charge is 0.416 e. The van der Waals surface area contributed by atoms with Crippen molar-refractivity contribution in [3.63, 3.8) is 0 Å². The van der Waals surface area contributed by atoms with Gasteiger partial charge in [-0.3, -0.25) is 0 Å². The van der Waals surface area contributed by atoms with Gasteiger partial charge < -0.3 is 19.6 Å². The van der Waals surface area contributed by atoms with Gasteiger partial charge in [0, 0.05) is 25.3 Å². The molecule has 4 rings (SSSR count). The Morgan fingerprint density at radius 1 is 1.00 bits per heavy atom. The van der Waals surface area contributed by atoms with Gasteiger partial charge in [0.15, 0.2) is 0 Å². The molecule has 0 saturated carbocycles. The molecule has 246 valence electrons. The molecule has 0 bridgehead atoms. The van der Waals surface area contributed by atoms with E-state index in [1.807, 2.05) is 0 Å². The van der Waals surface area contributed by atoms with Gasteiger partial charge in [0.1, 0.15) is 6.61 Å². The lowest BCUT2D eigenvalue weighted by Crippen LogP contribution is -2.31. The van der Waals surface area contributed by atoms with Crippen molar-refractivity contribution in [2.75, 3.05) is 36.1 Å². The number of hydrogen-bond acceptors (Lipinski definition) is 7. The number of carboxylic acids is 1. The topological polar surface area (TPSA) is 96.6 Å².